The molecule has 0 aliphatic carbocycles. The molecule has 200 valence electrons. The highest BCUT2D eigenvalue weighted by Gasteiger charge is 2.44. The summed E-state index contributed by atoms with van der Waals surface area (Å²) in [4.78, 5) is 29.7. The number of carbonyl (C=O) groups excluding carboxylic acids is 1. The number of nitrogens with one attached hydrogen (secondary N) is 2. The van der Waals surface area contributed by atoms with Gasteiger partial charge in [-0.1, -0.05) is 35.9 Å². The standard InChI is InChI=1S/C29H29ClN6O3/c30-22-5-6-26-24(13-22)29(7-10-39-26,27(37)35-25-18-31-17-21-3-1-2-4-23(21)25)19-32-14-20-15-33-28(34-16-20)36-8-11-38-12-9-36/h1-6,13,15-18,32H,7-12,14,19H2,(H,35,37). The Morgan fingerprint density at radius 3 is 2.69 bits per heavy atom. The Hall–Kier alpha value is -3.79. The summed E-state index contributed by atoms with van der Waals surface area (Å²) < 4.78 is 11.3. The molecule has 4 heterocycles. The van der Waals surface area contributed by atoms with Crippen LogP contribution in [0.2, 0.25) is 5.02 Å². The number of aromatic nitrogens is 3. The van der Waals surface area contributed by atoms with Gasteiger partial charge in [0.05, 0.1) is 37.1 Å². The van der Waals surface area contributed by atoms with E-state index < -0.39 is 5.41 Å². The Labute approximate surface area is 231 Å². The van der Waals surface area contributed by atoms with Crippen LogP contribution in [0.15, 0.2) is 67.3 Å². The summed E-state index contributed by atoms with van der Waals surface area (Å²) in [5.41, 5.74) is 1.45. The highest BCUT2D eigenvalue weighted by Crippen LogP contribution is 2.41. The molecule has 0 spiro atoms. The number of rotatable bonds is 7. The second-order valence-corrected chi connectivity index (χ2v) is 10.2. The van der Waals surface area contributed by atoms with Crippen molar-refractivity contribution in [2.75, 3.05) is 49.7 Å². The number of nitrogens with zero attached hydrogens (tertiary/aromatic N) is 4. The molecule has 6 rings (SSSR count). The third-order valence-electron chi connectivity index (χ3n) is 7.34. The number of morpholine rings is 1. The number of amides is 1. The number of halogens is 1. The average molecular weight is 545 g/mol. The third-order valence-corrected chi connectivity index (χ3v) is 7.57. The van der Waals surface area contributed by atoms with Crippen molar-refractivity contribution in [3.05, 3.63) is 83.4 Å². The van der Waals surface area contributed by atoms with Gasteiger partial charge in [0.1, 0.15) is 5.75 Å². The van der Waals surface area contributed by atoms with Gasteiger partial charge in [0, 0.05) is 78.1 Å². The van der Waals surface area contributed by atoms with Gasteiger partial charge in [-0.15, -0.1) is 0 Å². The van der Waals surface area contributed by atoms with Crippen molar-refractivity contribution in [3.63, 3.8) is 0 Å². The van der Waals surface area contributed by atoms with Crippen molar-refractivity contribution < 1.29 is 14.3 Å². The molecule has 2 aromatic carbocycles. The molecular weight excluding hydrogens is 516 g/mol. The number of pyridine rings is 1. The van der Waals surface area contributed by atoms with Crippen LogP contribution < -0.4 is 20.3 Å². The summed E-state index contributed by atoms with van der Waals surface area (Å²) in [7, 11) is 0. The summed E-state index contributed by atoms with van der Waals surface area (Å²) in [5, 5.41) is 9.09. The molecule has 0 bridgehead atoms. The molecule has 2 aliphatic heterocycles. The molecule has 0 radical (unpaired) electrons. The van der Waals surface area contributed by atoms with Gasteiger partial charge >= 0.3 is 0 Å². The van der Waals surface area contributed by atoms with E-state index in [0.29, 0.717) is 61.7 Å². The number of ether oxygens (including phenoxy) is 2. The van der Waals surface area contributed by atoms with E-state index in [1.54, 1.807) is 18.5 Å². The van der Waals surface area contributed by atoms with Gasteiger partial charge in [0.2, 0.25) is 11.9 Å². The Morgan fingerprint density at radius 1 is 1.03 bits per heavy atom. The lowest BCUT2D eigenvalue weighted by Gasteiger charge is -2.38. The van der Waals surface area contributed by atoms with Crippen molar-refractivity contribution >= 4 is 39.9 Å². The Bertz CT molecular complexity index is 1470. The van der Waals surface area contributed by atoms with Gasteiger partial charge in [-0.25, -0.2) is 9.97 Å². The first kappa shape index (κ1) is 25.5. The van der Waals surface area contributed by atoms with E-state index in [0.717, 1.165) is 35.0 Å². The van der Waals surface area contributed by atoms with Crippen LogP contribution in [-0.2, 0) is 21.5 Å². The molecule has 2 aliphatic rings. The van der Waals surface area contributed by atoms with Crippen LogP contribution in [0.5, 0.6) is 5.75 Å². The van der Waals surface area contributed by atoms with Crippen LogP contribution in [0.3, 0.4) is 0 Å². The molecule has 2 aromatic heterocycles. The molecule has 2 N–H and O–H groups in total. The van der Waals surface area contributed by atoms with E-state index in [4.69, 9.17) is 21.1 Å². The maximum Gasteiger partial charge on any atom is 0.236 e. The minimum Gasteiger partial charge on any atom is -0.493 e. The van der Waals surface area contributed by atoms with Crippen LogP contribution >= 0.6 is 11.6 Å². The number of carbonyl (C=O) groups is 1. The maximum atomic E-state index is 14.2. The first-order chi connectivity index (χ1) is 19.1. The Kier molecular flexibility index (Phi) is 7.28. The number of anilines is 2. The lowest BCUT2D eigenvalue weighted by molar-refractivity contribution is -0.122. The lowest BCUT2D eigenvalue weighted by atomic mass is 9.74. The second kappa shape index (κ2) is 11.1. The zero-order chi connectivity index (χ0) is 26.7. The Morgan fingerprint density at radius 2 is 1.85 bits per heavy atom. The van der Waals surface area contributed by atoms with Crippen LogP contribution in [-0.4, -0.2) is 60.3 Å². The SMILES string of the molecule is O=C(Nc1cncc2ccccc12)C1(CNCc2cnc(N3CCOCC3)nc2)CCOc2ccc(Cl)cc21. The monoisotopic (exact) mass is 544 g/mol. The van der Waals surface area contributed by atoms with Gasteiger partial charge in [0.15, 0.2) is 0 Å². The minimum atomic E-state index is -0.913. The van der Waals surface area contributed by atoms with Crippen molar-refractivity contribution in [3.8, 4) is 5.75 Å². The van der Waals surface area contributed by atoms with Crippen molar-refractivity contribution in [1.29, 1.82) is 0 Å². The van der Waals surface area contributed by atoms with Crippen LogP contribution in [0.1, 0.15) is 17.5 Å². The molecule has 10 heteroatoms. The number of fused-ring (bicyclic) bond motifs is 2. The predicted molar refractivity (Wildman–Crippen MR) is 150 cm³/mol. The van der Waals surface area contributed by atoms with Gasteiger partial charge in [0.25, 0.3) is 0 Å². The quantitative estimate of drug-likeness (QED) is 0.360. The van der Waals surface area contributed by atoms with Crippen molar-refractivity contribution in [2.24, 2.45) is 0 Å². The molecule has 39 heavy (non-hydrogen) atoms. The second-order valence-electron chi connectivity index (χ2n) is 9.78. The third kappa shape index (κ3) is 5.25. The molecule has 1 amide bonds. The molecule has 1 saturated heterocycles. The van der Waals surface area contributed by atoms with E-state index in [9.17, 15) is 4.79 Å². The maximum absolute atomic E-state index is 14.2. The van der Waals surface area contributed by atoms with Gasteiger partial charge in [-0.3, -0.25) is 9.78 Å². The first-order valence-corrected chi connectivity index (χ1v) is 13.4. The van der Waals surface area contributed by atoms with Gasteiger partial charge < -0.3 is 25.0 Å². The average Bonchev–Trinajstić information content (AvgIpc) is 2.98. The zero-order valence-electron chi connectivity index (χ0n) is 21.4. The van der Waals surface area contributed by atoms with Crippen LogP contribution in [0.25, 0.3) is 10.8 Å². The summed E-state index contributed by atoms with van der Waals surface area (Å²) in [5.74, 6) is 1.23. The summed E-state index contributed by atoms with van der Waals surface area (Å²) >= 11 is 6.41. The molecule has 0 saturated carbocycles. The fourth-order valence-corrected chi connectivity index (χ4v) is 5.39. The van der Waals surface area contributed by atoms with E-state index in [1.165, 1.54) is 0 Å². The van der Waals surface area contributed by atoms with E-state index >= 15 is 0 Å². The molecule has 4 aromatic rings. The van der Waals surface area contributed by atoms with E-state index in [-0.39, 0.29) is 5.91 Å². The van der Waals surface area contributed by atoms with Crippen LogP contribution in [0, 0.1) is 0 Å². The Balaban J connectivity index is 1.25. The largest absolute Gasteiger partial charge is 0.493 e. The van der Waals surface area contributed by atoms with Gasteiger partial charge in [-0.2, -0.15) is 0 Å². The molecule has 1 fully saturated rings. The molecule has 1 unspecified atom stereocenters. The van der Waals surface area contributed by atoms with Crippen LogP contribution in [0.4, 0.5) is 11.6 Å². The van der Waals surface area contributed by atoms with Gasteiger partial charge in [-0.05, 0) is 18.2 Å². The summed E-state index contributed by atoms with van der Waals surface area (Å²) in [6.07, 6.45) is 7.62. The topological polar surface area (TPSA) is 102 Å². The molecular formula is C29H29ClN6O3. The molecule has 9 nitrogen and oxygen atoms in total. The summed E-state index contributed by atoms with van der Waals surface area (Å²) in [6, 6.07) is 13.3. The summed E-state index contributed by atoms with van der Waals surface area (Å²) in [6.45, 7) is 4.22. The smallest absolute Gasteiger partial charge is 0.236 e. The fourth-order valence-electron chi connectivity index (χ4n) is 5.22. The zero-order valence-corrected chi connectivity index (χ0v) is 22.2. The van der Waals surface area contributed by atoms with Crippen molar-refractivity contribution in [1.82, 2.24) is 20.3 Å². The highest BCUT2D eigenvalue weighted by atomic mass is 35.5. The minimum absolute atomic E-state index is 0.140. The molecule has 1 atom stereocenters. The van der Waals surface area contributed by atoms with Crippen molar-refractivity contribution in [2.45, 2.75) is 18.4 Å². The van der Waals surface area contributed by atoms with E-state index in [1.807, 2.05) is 48.8 Å². The highest BCUT2D eigenvalue weighted by molar-refractivity contribution is 6.30. The number of benzene rings is 2. The predicted octanol–water partition coefficient (Wildman–Crippen LogP) is 3.96. The normalized spacial score (nSPS) is 18.8. The number of hydrogen-bond acceptors (Lipinski definition) is 8. The number of hydrogen-bond donors (Lipinski definition) is 2. The van der Waals surface area contributed by atoms with E-state index in [2.05, 4.69) is 30.5 Å². The fraction of sp³-hybridized carbons (Fsp3) is 0.310. The first-order valence-electron chi connectivity index (χ1n) is 13.0. The lowest BCUT2D eigenvalue weighted by Crippen LogP contribution is -2.50.